The molecule has 4 amide bonds. The van der Waals surface area contributed by atoms with Crippen molar-refractivity contribution in [3.63, 3.8) is 0 Å². The number of carbonyl (C=O) groups excluding carboxylic acids is 5. The van der Waals surface area contributed by atoms with Crippen LogP contribution in [0.25, 0.3) is 0 Å². The summed E-state index contributed by atoms with van der Waals surface area (Å²) in [5.41, 5.74) is 0. The number of unbranched alkanes of at least 4 members (excludes halogenated alkanes) is 41. The third-order valence-corrected chi connectivity index (χ3v) is 21.8. The number of aliphatic hydroxyl groups excluding tert-OH is 2. The molecule has 0 fully saturated rings. The number of rotatable bonds is 85. The highest BCUT2D eigenvalue weighted by atomic mass is 31.2. The van der Waals surface area contributed by atoms with Gasteiger partial charge in [-0.1, -0.05) is 318 Å². The standard InChI is InChI=1S/C84H166N4O19P2/c1-7-13-19-25-29-33-37-39-45-49-55-77(90)69-81(92)88-75(71-101-65-61-79(57-51-43-24-18-12-6)107-83(94)59-53-47-41-36-32-28-22-16-10-4)73-105-109(98,99)103-67-63-86-84(95)85-62-66-102-108(96,97)104-72-74(87-80(91)68-76(89)54-48-44-38-34-30-26-20-14-8-2)70-100-64-60-78(56-50-42-23-17-11-5)106-82(93)58-52-46-40-35-31-27-21-15-9-3/h74-79,89-90H,7-73H2,1-6H3,(H,87,91)(H,88,92)(H,96,97)(H,98,99)(H2,85,86,95)/p-2. The first kappa shape index (κ1) is 106. The van der Waals surface area contributed by atoms with Crippen LogP contribution in [0.2, 0.25) is 0 Å². The van der Waals surface area contributed by atoms with Crippen molar-refractivity contribution in [2.75, 3.05) is 65.9 Å². The van der Waals surface area contributed by atoms with Gasteiger partial charge in [0.1, 0.15) is 12.2 Å². The predicted octanol–water partition coefficient (Wildman–Crippen LogP) is 19.2. The molecule has 109 heavy (non-hydrogen) atoms. The average Bonchev–Trinajstić information content (AvgIpc) is 0.913. The summed E-state index contributed by atoms with van der Waals surface area (Å²) in [5, 5.41) is 32.0. The van der Waals surface area contributed by atoms with Gasteiger partial charge in [0, 0.05) is 38.8 Å². The van der Waals surface area contributed by atoms with E-state index < -0.39 is 84.2 Å². The highest BCUT2D eigenvalue weighted by Crippen LogP contribution is 2.39. The molecule has 0 aliphatic rings. The van der Waals surface area contributed by atoms with Gasteiger partial charge in [-0.05, 0) is 51.4 Å². The average molecular weight is 1600 g/mol. The largest absolute Gasteiger partial charge is 0.756 e. The number of ether oxygens (including phenoxy) is 4. The number of phosphoric acid groups is 2. The SMILES string of the molecule is CCCCCCCCCCCCC(O)CC(=O)NC(COCCC(CCCCCCC)OC(=O)CCCCCCCCCCC)COP(=O)([O-])OCCNC(=O)NCCOP(=O)([O-])OCC(COCCC(CCCCCCC)OC(=O)CCCCCCCCCCC)NC(=O)CC(O)CCCCCCCCCCC. The molecule has 0 aromatic heterocycles. The number of amides is 4. The summed E-state index contributed by atoms with van der Waals surface area (Å²) < 4.78 is 70.7. The lowest BCUT2D eigenvalue weighted by atomic mass is 10.0. The van der Waals surface area contributed by atoms with Crippen LogP contribution in [-0.4, -0.2) is 142 Å². The molecule has 0 heterocycles. The van der Waals surface area contributed by atoms with E-state index in [9.17, 15) is 53.1 Å². The molecule has 6 N–H and O–H groups in total. The monoisotopic (exact) mass is 1600 g/mol. The molecule has 0 saturated carbocycles. The van der Waals surface area contributed by atoms with Gasteiger partial charge < -0.3 is 78.3 Å². The molecular formula is C84H164N4O19P2-2. The fourth-order valence-corrected chi connectivity index (χ4v) is 14.7. The summed E-state index contributed by atoms with van der Waals surface area (Å²) in [4.78, 5) is 91.6. The van der Waals surface area contributed by atoms with Crippen LogP contribution in [0, 0.1) is 0 Å². The van der Waals surface area contributed by atoms with E-state index in [1.807, 2.05) is 0 Å². The van der Waals surface area contributed by atoms with Gasteiger partial charge in [0.15, 0.2) is 0 Å². The van der Waals surface area contributed by atoms with Crippen LogP contribution < -0.4 is 31.1 Å². The van der Waals surface area contributed by atoms with Crippen molar-refractivity contribution in [2.45, 2.75) is 444 Å². The molecule has 0 spiro atoms. The molecule has 0 bridgehead atoms. The number of aliphatic hydroxyl groups is 2. The van der Waals surface area contributed by atoms with Gasteiger partial charge in [-0.25, -0.2) is 4.79 Å². The summed E-state index contributed by atoms with van der Waals surface area (Å²) in [6, 6.07) is -2.76. The topological polar surface area (TPSA) is 328 Å². The number of esters is 2. The van der Waals surface area contributed by atoms with E-state index in [-0.39, 0.29) is 76.5 Å². The second-order valence-corrected chi connectivity index (χ2v) is 33.5. The molecule has 0 aromatic rings. The first-order chi connectivity index (χ1) is 52.8. The first-order valence-corrected chi connectivity index (χ1v) is 47.4. The summed E-state index contributed by atoms with van der Waals surface area (Å²) in [7, 11) is -10.1. The normalized spacial score (nSPS) is 14.4. The molecule has 8 unspecified atom stereocenters. The van der Waals surface area contributed by atoms with E-state index in [1.54, 1.807) is 0 Å². The Balaban J connectivity index is 5.69. The lowest BCUT2D eigenvalue weighted by Crippen LogP contribution is -2.43. The number of carbonyl (C=O) groups is 5. The van der Waals surface area contributed by atoms with E-state index >= 15 is 0 Å². The Morgan fingerprint density at radius 3 is 0.862 bits per heavy atom. The smallest absolute Gasteiger partial charge is 0.314 e. The van der Waals surface area contributed by atoms with Crippen molar-refractivity contribution >= 4 is 45.4 Å². The Bertz CT molecular complexity index is 2190. The van der Waals surface area contributed by atoms with Crippen molar-refractivity contribution in [3.8, 4) is 0 Å². The number of hydrogen-bond donors (Lipinski definition) is 6. The lowest BCUT2D eigenvalue weighted by molar-refractivity contribution is -0.227. The molecule has 646 valence electrons. The Kier molecular flexibility index (Phi) is 75.8. The lowest BCUT2D eigenvalue weighted by Gasteiger charge is -2.27. The number of nitrogens with one attached hydrogen (secondary N) is 4. The van der Waals surface area contributed by atoms with Crippen molar-refractivity contribution in [1.29, 1.82) is 0 Å². The summed E-state index contributed by atoms with van der Waals surface area (Å²) >= 11 is 0. The van der Waals surface area contributed by atoms with Gasteiger partial charge in [0.05, 0.1) is 90.0 Å². The zero-order valence-electron chi connectivity index (χ0n) is 70.1. The van der Waals surface area contributed by atoms with Gasteiger partial charge in [0.25, 0.3) is 15.6 Å². The van der Waals surface area contributed by atoms with Gasteiger partial charge >= 0.3 is 18.0 Å². The number of hydrogen-bond acceptors (Lipinski definition) is 19. The molecule has 0 aliphatic heterocycles. The highest BCUT2D eigenvalue weighted by molar-refractivity contribution is 7.46. The summed E-state index contributed by atoms with van der Waals surface area (Å²) in [5.74, 6) is -1.49. The van der Waals surface area contributed by atoms with E-state index in [0.29, 0.717) is 51.4 Å². The third kappa shape index (κ3) is 75.0. The maximum absolute atomic E-state index is 13.3. The molecule has 0 radical (unpaired) electrons. The van der Waals surface area contributed by atoms with Gasteiger partial charge in [-0.3, -0.25) is 28.3 Å². The second kappa shape index (κ2) is 77.8. The Morgan fingerprint density at radius 2 is 0.578 bits per heavy atom. The molecule has 0 saturated heterocycles. The molecule has 0 aliphatic carbocycles. The van der Waals surface area contributed by atoms with Crippen LogP contribution in [-0.2, 0) is 65.4 Å². The molecule has 0 aromatic carbocycles. The van der Waals surface area contributed by atoms with Crippen LogP contribution in [0.15, 0.2) is 0 Å². The van der Waals surface area contributed by atoms with E-state index in [0.717, 1.165) is 154 Å². The Hall–Kier alpha value is -2.79. The predicted molar refractivity (Wildman–Crippen MR) is 435 cm³/mol. The molecule has 0 rings (SSSR count). The van der Waals surface area contributed by atoms with Gasteiger partial charge in [0.2, 0.25) is 11.8 Å². The summed E-state index contributed by atoms with van der Waals surface area (Å²) in [6.07, 6.45) is 53.1. The van der Waals surface area contributed by atoms with Crippen LogP contribution in [0.5, 0.6) is 0 Å². The first-order valence-electron chi connectivity index (χ1n) is 44.5. The highest BCUT2D eigenvalue weighted by Gasteiger charge is 2.24. The second-order valence-electron chi connectivity index (χ2n) is 30.7. The van der Waals surface area contributed by atoms with E-state index in [2.05, 4.69) is 62.8 Å². The minimum absolute atomic E-state index is 0.154. The van der Waals surface area contributed by atoms with Crippen LogP contribution in [0.3, 0.4) is 0 Å². The molecule has 23 nitrogen and oxygen atoms in total. The molecule has 8 atom stereocenters. The summed E-state index contributed by atoms with van der Waals surface area (Å²) in [6.45, 7) is 10.3. The number of phosphoric ester groups is 2. The minimum atomic E-state index is -5.04. The van der Waals surface area contributed by atoms with Crippen LogP contribution >= 0.6 is 15.6 Å². The fraction of sp³-hybridized carbons (Fsp3) is 0.940. The van der Waals surface area contributed by atoms with Crippen molar-refractivity contribution < 1.29 is 90.1 Å². The Labute approximate surface area is 663 Å². The Morgan fingerprint density at radius 1 is 0.321 bits per heavy atom. The fourth-order valence-electron chi connectivity index (χ4n) is 13.2. The third-order valence-electron chi connectivity index (χ3n) is 19.9. The molecular weight excluding hydrogens is 1430 g/mol. The zero-order chi connectivity index (χ0) is 80.2. The number of urea groups is 1. The van der Waals surface area contributed by atoms with Gasteiger partial charge in [-0.15, -0.1) is 0 Å². The van der Waals surface area contributed by atoms with Gasteiger partial charge in [-0.2, -0.15) is 0 Å². The quantitative estimate of drug-likeness (QED) is 0.0187. The van der Waals surface area contributed by atoms with E-state index in [1.165, 1.54) is 148 Å². The van der Waals surface area contributed by atoms with Crippen molar-refractivity contribution in [3.05, 3.63) is 0 Å². The van der Waals surface area contributed by atoms with Crippen molar-refractivity contribution in [1.82, 2.24) is 21.3 Å². The maximum atomic E-state index is 13.3. The minimum Gasteiger partial charge on any atom is -0.756 e. The zero-order valence-corrected chi connectivity index (χ0v) is 71.9. The van der Waals surface area contributed by atoms with Crippen molar-refractivity contribution in [2.24, 2.45) is 0 Å². The van der Waals surface area contributed by atoms with E-state index in [4.69, 9.17) is 37.0 Å². The van der Waals surface area contributed by atoms with Crippen LogP contribution in [0.4, 0.5) is 4.79 Å². The van der Waals surface area contributed by atoms with Crippen LogP contribution in [0.1, 0.15) is 408 Å². The maximum Gasteiger partial charge on any atom is 0.314 e. The molecule has 25 heteroatoms.